The maximum Gasteiger partial charge on any atom is 0.251 e. The van der Waals surface area contributed by atoms with E-state index in [1.807, 2.05) is 0 Å². The second-order valence-electron chi connectivity index (χ2n) is 2.72. The summed E-state index contributed by atoms with van der Waals surface area (Å²) in [5, 5.41) is 29.4. The summed E-state index contributed by atoms with van der Waals surface area (Å²) in [6, 6.07) is -0.513. The van der Waals surface area contributed by atoms with E-state index in [1.165, 1.54) is 0 Å². The highest BCUT2D eigenvalue weighted by molar-refractivity contribution is 5.82. The zero-order valence-corrected chi connectivity index (χ0v) is 6.06. The van der Waals surface area contributed by atoms with Crippen LogP contribution in [0.2, 0.25) is 0 Å². The van der Waals surface area contributed by atoms with E-state index in [1.54, 1.807) is 6.92 Å². The van der Waals surface area contributed by atoms with Gasteiger partial charge in [0.05, 0.1) is 6.04 Å². The molecule has 5 nitrogen and oxygen atoms in total. The number of carbonyl (C=O) groups excluding carboxylic acids is 1. The minimum absolute atomic E-state index is 0.513. The lowest BCUT2D eigenvalue weighted by molar-refractivity contribution is -0.152. The fourth-order valence-corrected chi connectivity index (χ4v) is 1.03. The van der Waals surface area contributed by atoms with E-state index in [2.05, 4.69) is 5.32 Å². The molecule has 0 aliphatic carbocycles. The lowest BCUT2D eigenvalue weighted by atomic mass is 9.97. The third-order valence-corrected chi connectivity index (χ3v) is 1.82. The van der Waals surface area contributed by atoms with E-state index in [9.17, 15) is 4.79 Å². The largest absolute Gasteiger partial charge is 0.388 e. The number of nitrogens with one attached hydrogen (secondary N) is 1. The smallest absolute Gasteiger partial charge is 0.251 e. The molecule has 1 fully saturated rings. The highest BCUT2D eigenvalue weighted by Crippen LogP contribution is 2.10. The molecule has 4 N–H and O–H groups in total. The third kappa shape index (κ3) is 1.35. The van der Waals surface area contributed by atoms with Crippen molar-refractivity contribution in [3.63, 3.8) is 0 Å². The van der Waals surface area contributed by atoms with Crippen LogP contribution in [0.4, 0.5) is 0 Å². The lowest BCUT2D eigenvalue weighted by Gasteiger charge is -2.33. The Morgan fingerprint density at radius 1 is 1.27 bits per heavy atom. The number of aliphatic hydroxyl groups excluding tert-OH is 3. The number of piperidine rings is 1. The average molecular weight is 161 g/mol. The van der Waals surface area contributed by atoms with Crippen LogP contribution in [0.25, 0.3) is 0 Å². The molecule has 1 amide bonds. The molecule has 0 aromatic rings. The number of carbonyl (C=O) groups is 1. The van der Waals surface area contributed by atoms with Crippen molar-refractivity contribution < 1.29 is 20.1 Å². The van der Waals surface area contributed by atoms with Crippen LogP contribution in [0, 0.1) is 0 Å². The Balaban J connectivity index is 2.70. The molecule has 0 aromatic heterocycles. The second-order valence-corrected chi connectivity index (χ2v) is 2.72. The van der Waals surface area contributed by atoms with Gasteiger partial charge in [0.2, 0.25) is 0 Å². The maximum atomic E-state index is 10.7. The van der Waals surface area contributed by atoms with Gasteiger partial charge in [-0.25, -0.2) is 0 Å². The van der Waals surface area contributed by atoms with Gasteiger partial charge in [-0.2, -0.15) is 0 Å². The van der Waals surface area contributed by atoms with Gasteiger partial charge in [-0.3, -0.25) is 4.79 Å². The molecule has 0 bridgehead atoms. The van der Waals surface area contributed by atoms with Gasteiger partial charge in [-0.05, 0) is 6.92 Å². The molecule has 0 unspecified atom stereocenters. The van der Waals surface area contributed by atoms with Gasteiger partial charge < -0.3 is 20.6 Å². The Kier molecular flexibility index (Phi) is 2.12. The predicted molar refractivity (Wildman–Crippen MR) is 35.6 cm³/mol. The van der Waals surface area contributed by atoms with Crippen LogP contribution < -0.4 is 5.32 Å². The van der Waals surface area contributed by atoms with Crippen LogP contribution in [0.15, 0.2) is 0 Å². The van der Waals surface area contributed by atoms with Crippen molar-refractivity contribution in [2.75, 3.05) is 0 Å². The summed E-state index contributed by atoms with van der Waals surface area (Å²) in [6.45, 7) is 1.55. The fraction of sp³-hybridized carbons (Fsp3) is 0.833. The zero-order valence-electron chi connectivity index (χ0n) is 6.06. The first-order chi connectivity index (χ1) is 5.04. The van der Waals surface area contributed by atoms with Gasteiger partial charge in [-0.15, -0.1) is 0 Å². The van der Waals surface area contributed by atoms with Crippen LogP contribution in [0.3, 0.4) is 0 Å². The summed E-state index contributed by atoms with van der Waals surface area (Å²) in [5.41, 5.74) is 0. The molecule has 1 heterocycles. The molecule has 0 aromatic carbocycles. The normalized spacial score (nSPS) is 45.3. The molecule has 1 saturated heterocycles. The molecular weight excluding hydrogens is 150 g/mol. The molecule has 1 aliphatic heterocycles. The molecule has 4 atom stereocenters. The first-order valence-corrected chi connectivity index (χ1v) is 3.38. The summed E-state index contributed by atoms with van der Waals surface area (Å²) >= 11 is 0. The Morgan fingerprint density at radius 2 is 1.82 bits per heavy atom. The molecule has 11 heavy (non-hydrogen) atoms. The van der Waals surface area contributed by atoms with Crippen molar-refractivity contribution in [1.82, 2.24) is 5.32 Å². The number of amides is 1. The Labute approximate surface area is 63.7 Å². The topological polar surface area (TPSA) is 89.8 Å². The molecule has 1 aliphatic rings. The Hall–Kier alpha value is -0.650. The average Bonchev–Trinajstić information content (AvgIpc) is 1.97. The van der Waals surface area contributed by atoms with E-state index in [-0.39, 0.29) is 0 Å². The minimum Gasteiger partial charge on any atom is -0.388 e. The second kappa shape index (κ2) is 2.77. The summed E-state index contributed by atoms with van der Waals surface area (Å²) in [7, 11) is 0. The molecule has 0 saturated carbocycles. The predicted octanol–water partition coefficient (Wildman–Crippen LogP) is -2.41. The SMILES string of the molecule is C[C@H]1NC(=O)[C@@H](O)[C@H](O)[C@@H]1O. The number of rotatable bonds is 0. The van der Waals surface area contributed by atoms with Crippen molar-refractivity contribution >= 4 is 5.91 Å². The van der Waals surface area contributed by atoms with Crippen LogP contribution >= 0.6 is 0 Å². The first-order valence-electron chi connectivity index (χ1n) is 3.38. The summed E-state index contributed by atoms with van der Waals surface area (Å²) in [5.74, 6) is -0.643. The Morgan fingerprint density at radius 3 is 2.36 bits per heavy atom. The standard InChI is InChI=1S/C6H11NO4/c1-2-3(8)4(9)5(10)6(11)7-2/h2-5,8-10H,1H3,(H,7,11)/t2-,3-,4-,5+/m1/s1. The van der Waals surface area contributed by atoms with Crippen molar-refractivity contribution in [2.24, 2.45) is 0 Å². The van der Waals surface area contributed by atoms with Crippen molar-refractivity contribution in [2.45, 2.75) is 31.3 Å². The molecular formula is C6H11NO4. The van der Waals surface area contributed by atoms with E-state index >= 15 is 0 Å². The van der Waals surface area contributed by atoms with Crippen LogP contribution in [-0.4, -0.2) is 45.6 Å². The zero-order chi connectivity index (χ0) is 8.59. The molecule has 0 radical (unpaired) electrons. The van der Waals surface area contributed by atoms with Crippen molar-refractivity contribution in [3.8, 4) is 0 Å². The fourth-order valence-electron chi connectivity index (χ4n) is 1.03. The van der Waals surface area contributed by atoms with Crippen molar-refractivity contribution in [3.05, 3.63) is 0 Å². The number of hydrogen-bond acceptors (Lipinski definition) is 4. The van der Waals surface area contributed by atoms with Crippen molar-refractivity contribution in [1.29, 1.82) is 0 Å². The molecule has 64 valence electrons. The molecule has 5 heteroatoms. The van der Waals surface area contributed by atoms with Gasteiger partial charge in [-0.1, -0.05) is 0 Å². The van der Waals surface area contributed by atoms with Gasteiger partial charge >= 0.3 is 0 Å². The third-order valence-electron chi connectivity index (χ3n) is 1.82. The highest BCUT2D eigenvalue weighted by Gasteiger charge is 2.39. The summed E-state index contributed by atoms with van der Waals surface area (Å²) in [4.78, 5) is 10.7. The van der Waals surface area contributed by atoms with Crippen LogP contribution in [0.1, 0.15) is 6.92 Å². The number of aliphatic hydroxyl groups is 3. The van der Waals surface area contributed by atoms with E-state index in [0.717, 1.165) is 0 Å². The first kappa shape index (κ1) is 8.45. The van der Waals surface area contributed by atoms with E-state index in [4.69, 9.17) is 15.3 Å². The monoisotopic (exact) mass is 161 g/mol. The Bertz CT molecular complexity index is 172. The van der Waals surface area contributed by atoms with Gasteiger partial charge in [0.25, 0.3) is 5.91 Å². The van der Waals surface area contributed by atoms with E-state index in [0.29, 0.717) is 0 Å². The summed E-state index contributed by atoms with van der Waals surface area (Å²) in [6.07, 6.45) is -3.98. The summed E-state index contributed by atoms with van der Waals surface area (Å²) < 4.78 is 0. The maximum absolute atomic E-state index is 10.7. The molecule has 1 rings (SSSR count). The van der Waals surface area contributed by atoms with Gasteiger partial charge in [0.15, 0.2) is 6.10 Å². The number of hydrogen-bond donors (Lipinski definition) is 4. The lowest BCUT2D eigenvalue weighted by Crippen LogP contribution is -2.61. The van der Waals surface area contributed by atoms with Gasteiger partial charge in [0, 0.05) is 0 Å². The minimum atomic E-state index is -1.51. The van der Waals surface area contributed by atoms with Crippen LogP contribution in [0.5, 0.6) is 0 Å². The van der Waals surface area contributed by atoms with Gasteiger partial charge in [0.1, 0.15) is 12.2 Å². The van der Waals surface area contributed by atoms with Crippen LogP contribution in [-0.2, 0) is 4.79 Å². The quantitative estimate of drug-likeness (QED) is 0.318. The highest BCUT2D eigenvalue weighted by atomic mass is 16.4. The van der Waals surface area contributed by atoms with E-state index < -0.39 is 30.3 Å². The molecule has 0 spiro atoms.